The Morgan fingerprint density at radius 3 is 2.14 bits per heavy atom. The Labute approximate surface area is 242 Å². The average molecular weight is 576 g/mol. The molecular weight excluding hydrogens is 547 g/mol. The maximum absolute atomic E-state index is 14.7. The number of rotatable bonds is 8. The summed E-state index contributed by atoms with van der Waals surface area (Å²) in [6, 6.07) is 22.1. The van der Waals surface area contributed by atoms with Crippen molar-refractivity contribution in [3.8, 4) is 23.7 Å². The van der Waals surface area contributed by atoms with Gasteiger partial charge in [-0.3, -0.25) is 9.69 Å². The normalized spacial score (nSPS) is 17.3. The number of hydrogen-bond acceptors (Lipinski definition) is 5. The van der Waals surface area contributed by atoms with Gasteiger partial charge in [-0.05, 0) is 30.5 Å². The van der Waals surface area contributed by atoms with Crippen molar-refractivity contribution in [1.82, 2.24) is 0 Å². The van der Waals surface area contributed by atoms with E-state index in [9.17, 15) is 22.8 Å². The summed E-state index contributed by atoms with van der Waals surface area (Å²) >= 11 is 0. The molecule has 1 aliphatic rings. The molecule has 3 aromatic carbocycles. The molecule has 1 aliphatic heterocycles. The van der Waals surface area contributed by atoms with Gasteiger partial charge in [0.2, 0.25) is 0 Å². The molecule has 0 saturated heterocycles. The van der Waals surface area contributed by atoms with E-state index in [0.29, 0.717) is 18.5 Å². The third kappa shape index (κ3) is 5.75. The highest BCUT2D eigenvalue weighted by molar-refractivity contribution is 6.10. The number of methoxy groups -OCH3 is 2. The Bertz CT molecular complexity index is 1540. The van der Waals surface area contributed by atoms with Gasteiger partial charge >= 0.3 is 12.1 Å². The maximum Gasteiger partial charge on any atom is 0.432 e. The number of para-hydroxylation sites is 1. The average Bonchev–Trinajstić information content (AvgIpc) is 3.21. The van der Waals surface area contributed by atoms with Crippen molar-refractivity contribution in [2.75, 3.05) is 25.9 Å². The van der Waals surface area contributed by atoms with Crippen molar-refractivity contribution in [2.24, 2.45) is 0 Å². The van der Waals surface area contributed by atoms with Crippen LogP contribution in [-0.2, 0) is 35.0 Å². The molecule has 0 aromatic heterocycles. The Hall–Kier alpha value is -4.57. The molecule has 0 radical (unpaired) electrons. The molecule has 0 N–H and O–H groups in total. The molecule has 0 aliphatic carbocycles. The van der Waals surface area contributed by atoms with Crippen LogP contribution in [0.15, 0.2) is 84.9 Å². The smallest absolute Gasteiger partial charge is 0.429 e. The summed E-state index contributed by atoms with van der Waals surface area (Å²) in [5.74, 6) is 8.98. The summed E-state index contributed by atoms with van der Waals surface area (Å²) in [4.78, 5) is 28.7. The number of fused-ring (bicyclic) bond motifs is 1. The molecule has 4 rings (SSSR count). The van der Waals surface area contributed by atoms with Crippen molar-refractivity contribution in [3.63, 3.8) is 0 Å². The third-order valence-corrected chi connectivity index (χ3v) is 6.67. The fourth-order valence-electron chi connectivity index (χ4n) is 4.66. The van der Waals surface area contributed by atoms with Gasteiger partial charge < -0.3 is 14.2 Å². The first-order chi connectivity index (χ1) is 20.2. The minimum absolute atomic E-state index is 0.122. The van der Waals surface area contributed by atoms with Crippen LogP contribution in [0.5, 0.6) is 0 Å². The molecular formula is C33H28F3NO5. The van der Waals surface area contributed by atoms with Gasteiger partial charge in [-0.1, -0.05) is 84.5 Å². The fraction of sp³-hybridized carbons (Fsp3) is 0.273. The van der Waals surface area contributed by atoms with Crippen molar-refractivity contribution >= 4 is 17.6 Å². The molecule has 0 fully saturated rings. The lowest BCUT2D eigenvalue weighted by Crippen LogP contribution is -2.55. The maximum atomic E-state index is 14.7. The monoisotopic (exact) mass is 575 g/mol. The second-order valence-corrected chi connectivity index (χ2v) is 9.31. The number of ether oxygens (including phenoxy) is 3. The van der Waals surface area contributed by atoms with Crippen LogP contribution < -0.4 is 4.90 Å². The highest BCUT2D eigenvalue weighted by Gasteiger charge is 2.66. The van der Waals surface area contributed by atoms with E-state index < -0.39 is 34.8 Å². The van der Waals surface area contributed by atoms with Crippen LogP contribution in [0.3, 0.4) is 0 Å². The van der Waals surface area contributed by atoms with Crippen LogP contribution in [0.2, 0.25) is 0 Å². The summed E-state index contributed by atoms with van der Waals surface area (Å²) in [6.45, 7) is -0.237. The zero-order valence-corrected chi connectivity index (χ0v) is 23.0. The molecule has 9 heteroatoms. The van der Waals surface area contributed by atoms with E-state index in [1.807, 2.05) is 30.3 Å². The first-order valence-corrected chi connectivity index (χ1v) is 13.1. The number of anilines is 1. The van der Waals surface area contributed by atoms with Crippen LogP contribution in [0.25, 0.3) is 0 Å². The van der Waals surface area contributed by atoms with Crippen LogP contribution >= 0.6 is 0 Å². The molecule has 6 nitrogen and oxygen atoms in total. The Morgan fingerprint density at radius 1 is 0.881 bits per heavy atom. The van der Waals surface area contributed by atoms with Crippen molar-refractivity contribution in [2.45, 2.75) is 36.6 Å². The van der Waals surface area contributed by atoms with Crippen LogP contribution in [0, 0.1) is 23.7 Å². The first kappa shape index (κ1) is 30.4. The Kier molecular flexibility index (Phi) is 9.37. The van der Waals surface area contributed by atoms with Gasteiger partial charge in [-0.25, -0.2) is 4.79 Å². The molecule has 1 heterocycles. The predicted octanol–water partition coefficient (Wildman–Crippen LogP) is 5.71. The molecule has 42 heavy (non-hydrogen) atoms. The van der Waals surface area contributed by atoms with Crippen LogP contribution in [-0.4, -0.2) is 39.0 Å². The van der Waals surface area contributed by atoms with Crippen LogP contribution in [0.4, 0.5) is 18.9 Å². The van der Waals surface area contributed by atoms with Crippen molar-refractivity contribution < 1.29 is 37.0 Å². The minimum atomic E-state index is -5.24. The first-order valence-electron chi connectivity index (χ1n) is 13.1. The zero-order chi connectivity index (χ0) is 30.2. The van der Waals surface area contributed by atoms with Gasteiger partial charge in [-0.2, -0.15) is 13.2 Å². The van der Waals surface area contributed by atoms with E-state index >= 15 is 0 Å². The SMILES string of the molecule is COCN1C(=O)C(C#CCCCC#Cc2ccccc2)(OC(=O)[C@@](OC)(c2ccccc2)C(F)(F)F)c2ccccc21. The number of carbonyl (C=O) groups excluding carboxylic acids is 2. The highest BCUT2D eigenvalue weighted by Crippen LogP contribution is 2.48. The van der Waals surface area contributed by atoms with Gasteiger partial charge in [0.15, 0.2) is 0 Å². The molecule has 3 aromatic rings. The Balaban J connectivity index is 1.72. The summed E-state index contributed by atoms with van der Waals surface area (Å²) in [7, 11) is 2.12. The van der Waals surface area contributed by atoms with Gasteiger partial charge in [0.25, 0.3) is 17.1 Å². The lowest BCUT2D eigenvalue weighted by Gasteiger charge is -2.35. The third-order valence-electron chi connectivity index (χ3n) is 6.67. The number of nitrogens with zero attached hydrogens (tertiary/aromatic N) is 1. The minimum Gasteiger partial charge on any atom is -0.429 e. The number of esters is 1. The summed E-state index contributed by atoms with van der Waals surface area (Å²) in [5.41, 5.74) is -5.10. The van der Waals surface area contributed by atoms with E-state index in [1.165, 1.54) is 36.3 Å². The number of alkyl halides is 3. The molecule has 0 saturated carbocycles. The molecule has 1 unspecified atom stereocenters. The number of unbranched alkanes of at least 4 members (excludes halogenated alkanes) is 2. The lowest BCUT2D eigenvalue weighted by molar-refractivity contribution is -0.279. The number of halogens is 3. The number of hydrogen-bond donors (Lipinski definition) is 0. The standard InChI is InChI=1S/C33H28F3NO5/c1-40-24-37-28-22-14-13-21-27(28)31(29(37)38,23-15-5-3-4-8-16-25-17-9-6-10-18-25)42-30(39)32(41-2,33(34,35)36)26-19-11-7-12-20-26/h6-7,9-14,17-22H,3-5,24H2,1-2H3/t31?,32-/m0/s1. The number of benzene rings is 3. The Morgan fingerprint density at radius 2 is 1.50 bits per heavy atom. The van der Waals surface area contributed by atoms with Gasteiger partial charge in [0.05, 0.1) is 5.69 Å². The number of amides is 1. The van der Waals surface area contributed by atoms with Gasteiger partial charge in [0, 0.05) is 43.8 Å². The predicted molar refractivity (Wildman–Crippen MR) is 150 cm³/mol. The highest BCUT2D eigenvalue weighted by atomic mass is 19.4. The van der Waals surface area contributed by atoms with Crippen molar-refractivity contribution in [3.05, 3.63) is 102 Å². The van der Waals surface area contributed by atoms with E-state index in [-0.39, 0.29) is 18.7 Å². The van der Waals surface area contributed by atoms with E-state index in [2.05, 4.69) is 23.7 Å². The van der Waals surface area contributed by atoms with E-state index in [1.54, 1.807) is 18.2 Å². The van der Waals surface area contributed by atoms with Gasteiger partial charge in [0.1, 0.15) is 6.73 Å². The fourth-order valence-corrected chi connectivity index (χ4v) is 4.66. The molecule has 1 amide bonds. The quantitative estimate of drug-likeness (QED) is 0.196. The molecule has 0 spiro atoms. The largest absolute Gasteiger partial charge is 0.432 e. The molecule has 2 atom stereocenters. The van der Waals surface area contributed by atoms with E-state index in [0.717, 1.165) is 24.8 Å². The summed E-state index contributed by atoms with van der Waals surface area (Å²) < 4.78 is 59.6. The van der Waals surface area contributed by atoms with E-state index in [4.69, 9.17) is 14.2 Å². The topological polar surface area (TPSA) is 65.1 Å². The summed E-state index contributed by atoms with van der Waals surface area (Å²) in [5, 5.41) is 0. The molecule has 0 bridgehead atoms. The van der Waals surface area contributed by atoms with Crippen molar-refractivity contribution in [1.29, 1.82) is 0 Å². The van der Waals surface area contributed by atoms with Crippen LogP contribution in [0.1, 0.15) is 36.0 Å². The molecule has 216 valence electrons. The zero-order valence-electron chi connectivity index (χ0n) is 23.0. The number of carbonyl (C=O) groups is 2. The summed E-state index contributed by atoms with van der Waals surface area (Å²) in [6.07, 6.45) is -3.98. The van der Waals surface area contributed by atoms with Gasteiger partial charge in [-0.15, -0.1) is 0 Å². The second kappa shape index (κ2) is 12.9. The lowest BCUT2D eigenvalue weighted by atomic mass is 9.91. The second-order valence-electron chi connectivity index (χ2n) is 9.31.